The molecule has 0 unspecified atom stereocenters. The summed E-state index contributed by atoms with van der Waals surface area (Å²) in [7, 11) is 0. The van der Waals surface area contributed by atoms with Gasteiger partial charge in [-0.1, -0.05) is 12.1 Å². The molecule has 0 bridgehead atoms. The Labute approximate surface area is 101 Å². The van der Waals surface area contributed by atoms with Gasteiger partial charge in [-0.2, -0.15) is 0 Å². The average Bonchev–Trinajstić information content (AvgIpc) is 2.33. The van der Waals surface area contributed by atoms with E-state index in [-0.39, 0.29) is 11.9 Å². The third-order valence-electron chi connectivity index (χ3n) is 3.44. The van der Waals surface area contributed by atoms with E-state index in [9.17, 15) is 9.50 Å². The van der Waals surface area contributed by atoms with Crippen molar-refractivity contribution in [2.75, 3.05) is 11.9 Å². The Morgan fingerprint density at radius 3 is 2.65 bits per heavy atom. The molecule has 0 aromatic heterocycles. The maximum atomic E-state index is 13.4. The summed E-state index contributed by atoms with van der Waals surface area (Å²) in [6.45, 7) is 0.376. The van der Waals surface area contributed by atoms with E-state index in [1.165, 1.54) is 6.07 Å². The van der Waals surface area contributed by atoms with Gasteiger partial charge in [-0.05, 0) is 37.8 Å². The number of benzene rings is 1. The van der Waals surface area contributed by atoms with E-state index in [2.05, 4.69) is 5.32 Å². The number of nitrogens with one attached hydrogen (secondary N) is 1. The third kappa shape index (κ3) is 3.17. The van der Waals surface area contributed by atoms with Crippen LogP contribution < -0.4 is 11.1 Å². The lowest BCUT2D eigenvalue weighted by Gasteiger charge is -2.35. The number of hydrogen-bond acceptors (Lipinski definition) is 3. The first kappa shape index (κ1) is 12.3. The molecule has 0 spiro atoms. The monoisotopic (exact) mass is 238 g/mol. The van der Waals surface area contributed by atoms with E-state index < -0.39 is 5.60 Å². The van der Waals surface area contributed by atoms with Crippen molar-refractivity contribution >= 4 is 5.69 Å². The van der Waals surface area contributed by atoms with Crippen LogP contribution in [0, 0.1) is 5.82 Å². The van der Waals surface area contributed by atoms with Crippen LogP contribution in [-0.4, -0.2) is 23.3 Å². The second-order valence-electron chi connectivity index (χ2n) is 4.90. The second kappa shape index (κ2) is 5.02. The number of anilines is 1. The van der Waals surface area contributed by atoms with Gasteiger partial charge < -0.3 is 16.2 Å². The highest BCUT2D eigenvalue weighted by Crippen LogP contribution is 2.28. The molecule has 94 valence electrons. The minimum absolute atomic E-state index is 0.198. The van der Waals surface area contributed by atoms with Crippen molar-refractivity contribution in [3.8, 4) is 0 Å². The molecule has 1 fully saturated rings. The van der Waals surface area contributed by atoms with E-state index in [1.807, 2.05) is 0 Å². The summed E-state index contributed by atoms with van der Waals surface area (Å²) in [5, 5.41) is 13.3. The third-order valence-corrected chi connectivity index (χ3v) is 3.44. The molecule has 0 radical (unpaired) electrons. The largest absolute Gasteiger partial charge is 0.388 e. The van der Waals surface area contributed by atoms with Crippen molar-refractivity contribution in [1.82, 2.24) is 0 Å². The minimum atomic E-state index is -0.752. The van der Waals surface area contributed by atoms with E-state index in [1.54, 1.807) is 18.2 Å². The van der Waals surface area contributed by atoms with Crippen molar-refractivity contribution in [1.29, 1.82) is 0 Å². The van der Waals surface area contributed by atoms with Crippen LogP contribution in [0.15, 0.2) is 24.3 Å². The van der Waals surface area contributed by atoms with Gasteiger partial charge in [0.05, 0.1) is 11.3 Å². The smallest absolute Gasteiger partial charge is 0.146 e. The number of aliphatic hydroxyl groups is 1. The van der Waals surface area contributed by atoms with Gasteiger partial charge in [-0.25, -0.2) is 4.39 Å². The molecular formula is C13H19FN2O. The molecule has 4 N–H and O–H groups in total. The predicted octanol–water partition coefficient (Wildman–Crippen LogP) is 1.87. The molecule has 1 saturated carbocycles. The van der Waals surface area contributed by atoms with Gasteiger partial charge in [-0.3, -0.25) is 0 Å². The van der Waals surface area contributed by atoms with Gasteiger partial charge in [0, 0.05) is 12.6 Å². The number of para-hydroxylation sites is 1. The summed E-state index contributed by atoms with van der Waals surface area (Å²) in [6, 6.07) is 6.70. The number of halogens is 1. The Hall–Kier alpha value is -1.13. The van der Waals surface area contributed by atoms with Crippen LogP contribution in [-0.2, 0) is 0 Å². The van der Waals surface area contributed by atoms with E-state index in [0.29, 0.717) is 25.1 Å². The van der Waals surface area contributed by atoms with Crippen molar-refractivity contribution in [3.05, 3.63) is 30.1 Å². The first-order valence-electron chi connectivity index (χ1n) is 6.05. The molecule has 1 aliphatic rings. The molecule has 0 saturated heterocycles. The lowest BCUT2D eigenvalue weighted by molar-refractivity contribution is 0.0122. The first-order chi connectivity index (χ1) is 8.09. The quantitative estimate of drug-likeness (QED) is 0.753. The fraction of sp³-hybridized carbons (Fsp3) is 0.538. The second-order valence-corrected chi connectivity index (χ2v) is 4.90. The molecule has 1 aliphatic carbocycles. The lowest BCUT2D eigenvalue weighted by atomic mass is 9.82. The van der Waals surface area contributed by atoms with Crippen LogP contribution >= 0.6 is 0 Å². The normalized spacial score (nSPS) is 29.0. The molecule has 3 nitrogen and oxygen atoms in total. The van der Waals surface area contributed by atoms with Crippen LogP contribution in [0.25, 0.3) is 0 Å². The molecular weight excluding hydrogens is 219 g/mol. The SMILES string of the molecule is NC1CCC(O)(CNc2ccccc2F)CC1. The topological polar surface area (TPSA) is 58.3 Å². The summed E-state index contributed by atoms with van der Waals surface area (Å²) in [5.74, 6) is -0.288. The van der Waals surface area contributed by atoms with E-state index in [4.69, 9.17) is 5.73 Å². The van der Waals surface area contributed by atoms with E-state index >= 15 is 0 Å². The minimum Gasteiger partial charge on any atom is -0.388 e. The Balaban J connectivity index is 1.92. The zero-order valence-corrected chi connectivity index (χ0v) is 9.82. The first-order valence-corrected chi connectivity index (χ1v) is 6.05. The van der Waals surface area contributed by atoms with Gasteiger partial charge in [0.2, 0.25) is 0 Å². The molecule has 0 atom stereocenters. The molecule has 17 heavy (non-hydrogen) atoms. The summed E-state index contributed by atoms with van der Waals surface area (Å²) >= 11 is 0. The van der Waals surface area contributed by atoms with Crippen LogP contribution in [0.5, 0.6) is 0 Å². The maximum Gasteiger partial charge on any atom is 0.146 e. The highest BCUT2D eigenvalue weighted by atomic mass is 19.1. The Bertz CT molecular complexity index is 375. The van der Waals surface area contributed by atoms with Gasteiger partial charge in [0.25, 0.3) is 0 Å². The lowest BCUT2D eigenvalue weighted by Crippen LogP contribution is -2.43. The zero-order valence-electron chi connectivity index (χ0n) is 9.82. The summed E-state index contributed by atoms with van der Waals surface area (Å²) in [5.41, 5.74) is 5.48. The number of nitrogens with two attached hydrogens (primary N) is 1. The van der Waals surface area contributed by atoms with Crippen molar-refractivity contribution < 1.29 is 9.50 Å². The summed E-state index contributed by atoms with van der Waals surface area (Å²) in [4.78, 5) is 0. The molecule has 0 aliphatic heterocycles. The van der Waals surface area contributed by atoms with Crippen LogP contribution in [0.4, 0.5) is 10.1 Å². The summed E-state index contributed by atoms with van der Waals surface area (Å²) in [6.07, 6.45) is 3.01. The van der Waals surface area contributed by atoms with Crippen molar-refractivity contribution in [3.63, 3.8) is 0 Å². The molecule has 1 aromatic carbocycles. The fourth-order valence-corrected chi connectivity index (χ4v) is 2.22. The molecule has 2 rings (SSSR count). The standard InChI is InChI=1S/C13H19FN2O/c14-11-3-1-2-4-12(11)16-9-13(17)7-5-10(15)6-8-13/h1-4,10,16-17H,5-9,15H2. The number of rotatable bonds is 3. The molecule has 0 heterocycles. The molecule has 4 heteroatoms. The fourth-order valence-electron chi connectivity index (χ4n) is 2.22. The molecule has 1 aromatic rings. The van der Waals surface area contributed by atoms with Gasteiger partial charge in [-0.15, -0.1) is 0 Å². The van der Waals surface area contributed by atoms with Crippen LogP contribution in [0.2, 0.25) is 0 Å². The number of hydrogen-bond donors (Lipinski definition) is 3. The highest BCUT2D eigenvalue weighted by molar-refractivity contribution is 5.44. The van der Waals surface area contributed by atoms with Crippen LogP contribution in [0.3, 0.4) is 0 Å². The zero-order chi connectivity index (χ0) is 12.3. The van der Waals surface area contributed by atoms with Crippen LogP contribution in [0.1, 0.15) is 25.7 Å². The van der Waals surface area contributed by atoms with E-state index in [0.717, 1.165) is 12.8 Å². The van der Waals surface area contributed by atoms with Gasteiger partial charge >= 0.3 is 0 Å². The Morgan fingerprint density at radius 1 is 1.35 bits per heavy atom. The van der Waals surface area contributed by atoms with Gasteiger partial charge in [0.15, 0.2) is 0 Å². The molecule has 0 amide bonds. The Kier molecular flexibility index (Phi) is 3.64. The highest BCUT2D eigenvalue weighted by Gasteiger charge is 2.31. The average molecular weight is 238 g/mol. The maximum absolute atomic E-state index is 13.4. The Morgan fingerprint density at radius 2 is 2.00 bits per heavy atom. The van der Waals surface area contributed by atoms with Gasteiger partial charge in [0.1, 0.15) is 5.82 Å². The summed E-state index contributed by atoms with van der Waals surface area (Å²) < 4.78 is 13.4. The predicted molar refractivity (Wildman–Crippen MR) is 66.3 cm³/mol. The van der Waals surface area contributed by atoms with Crippen molar-refractivity contribution in [2.24, 2.45) is 5.73 Å². The van der Waals surface area contributed by atoms with Crippen molar-refractivity contribution in [2.45, 2.75) is 37.3 Å².